The van der Waals surface area contributed by atoms with E-state index in [0.717, 1.165) is 12.8 Å². The summed E-state index contributed by atoms with van der Waals surface area (Å²) in [6.45, 7) is 1.94. The first-order valence-corrected chi connectivity index (χ1v) is 2.34. The van der Waals surface area contributed by atoms with E-state index in [-0.39, 0.29) is 0 Å². The Bertz CT molecular complexity index is 61.1. The van der Waals surface area contributed by atoms with E-state index in [9.17, 15) is 0 Å². The van der Waals surface area contributed by atoms with Crippen LogP contribution in [0.3, 0.4) is 0 Å². The molecule has 1 radical (unpaired) electrons. The molecule has 0 amide bonds. The molecule has 0 fully saturated rings. The number of terminal acetylenes is 1. The van der Waals surface area contributed by atoms with E-state index in [1.54, 1.807) is 0 Å². The van der Waals surface area contributed by atoms with Gasteiger partial charge in [0.05, 0.1) is 0 Å². The maximum absolute atomic E-state index is 4.97. The number of hydrogen-bond acceptors (Lipinski definition) is 1. The molecule has 1 N–H and O–H groups in total. The van der Waals surface area contributed by atoms with Crippen molar-refractivity contribution in [1.82, 2.24) is 5.32 Å². The zero-order valence-corrected chi connectivity index (χ0v) is 4.57. The van der Waals surface area contributed by atoms with Crippen molar-refractivity contribution < 1.29 is 0 Å². The van der Waals surface area contributed by atoms with Gasteiger partial charge in [-0.25, -0.2) is 0 Å². The molecule has 0 aromatic carbocycles. The number of unbranched alkanes of at least 4 members (excludes halogenated alkanes) is 1. The molecule has 0 saturated heterocycles. The number of rotatable bonds is 3. The molecule has 0 aliphatic rings. The number of nitrogens with one attached hydrogen (secondary N) is 1. The van der Waals surface area contributed by atoms with Gasteiger partial charge in [-0.2, -0.15) is 0 Å². The molecule has 1 nitrogen and oxygen atoms in total. The molecule has 0 bridgehead atoms. The normalized spacial score (nSPS) is 8.00. The lowest BCUT2D eigenvalue weighted by Gasteiger charge is -1.88. The zero-order valence-electron chi connectivity index (χ0n) is 4.57. The fourth-order valence-electron chi connectivity index (χ4n) is 0.300. The Morgan fingerprint density at radius 1 is 1.86 bits per heavy atom. The average molecular weight is 96.2 g/mol. The topological polar surface area (TPSA) is 12.0 Å². The molecule has 0 atom stereocenters. The van der Waals surface area contributed by atoms with Crippen LogP contribution in [0.25, 0.3) is 0 Å². The van der Waals surface area contributed by atoms with Crippen LogP contribution in [0.5, 0.6) is 0 Å². The summed E-state index contributed by atoms with van der Waals surface area (Å²) in [6, 6.07) is 0. The van der Waals surface area contributed by atoms with Crippen LogP contribution in [0, 0.1) is 18.9 Å². The second-order valence-electron chi connectivity index (χ2n) is 1.24. The molecule has 7 heavy (non-hydrogen) atoms. The van der Waals surface area contributed by atoms with Crippen molar-refractivity contribution in [2.24, 2.45) is 0 Å². The van der Waals surface area contributed by atoms with Crippen molar-refractivity contribution in [3.8, 4) is 12.3 Å². The largest absolute Gasteiger partial charge is 0.315 e. The van der Waals surface area contributed by atoms with Gasteiger partial charge in [0.25, 0.3) is 0 Å². The fourth-order valence-corrected chi connectivity index (χ4v) is 0.300. The number of hydrogen-bond donors (Lipinski definition) is 1. The van der Waals surface area contributed by atoms with E-state index >= 15 is 0 Å². The Labute approximate surface area is 45.1 Å². The van der Waals surface area contributed by atoms with E-state index < -0.39 is 0 Å². The van der Waals surface area contributed by atoms with Crippen LogP contribution in [0.2, 0.25) is 0 Å². The lowest BCUT2D eigenvalue weighted by atomic mass is 10.3. The van der Waals surface area contributed by atoms with Crippen molar-refractivity contribution in [1.29, 1.82) is 0 Å². The molecule has 0 aromatic heterocycles. The monoisotopic (exact) mass is 96.1 g/mol. The van der Waals surface area contributed by atoms with Crippen LogP contribution in [0.1, 0.15) is 12.8 Å². The highest BCUT2D eigenvalue weighted by molar-refractivity contribution is 4.84. The molecule has 0 aromatic rings. The van der Waals surface area contributed by atoms with Gasteiger partial charge >= 0.3 is 0 Å². The summed E-state index contributed by atoms with van der Waals surface area (Å²) in [7, 11) is 1.87. The second kappa shape index (κ2) is 5.52. The van der Waals surface area contributed by atoms with E-state index in [2.05, 4.69) is 11.2 Å². The second-order valence-corrected chi connectivity index (χ2v) is 1.24. The Balaban J connectivity index is 2.60. The van der Waals surface area contributed by atoms with Crippen LogP contribution < -0.4 is 5.32 Å². The molecular formula is C6H10N. The maximum atomic E-state index is 4.97. The van der Waals surface area contributed by atoms with Crippen LogP contribution in [0.4, 0.5) is 0 Å². The van der Waals surface area contributed by atoms with Gasteiger partial charge in [-0.1, -0.05) is 0 Å². The Kier molecular flexibility index (Phi) is 5.14. The molecule has 0 aliphatic heterocycles. The minimum Gasteiger partial charge on any atom is -0.315 e. The third kappa shape index (κ3) is 5.52. The Morgan fingerprint density at radius 2 is 2.57 bits per heavy atom. The lowest BCUT2D eigenvalue weighted by Crippen LogP contribution is -1.98. The summed E-state index contributed by atoms with van der Waals surface area (Å²) >= 11 is 0. The van der Waals surface area contributed by atoms with Crippen LogP contribution in [0.15, 0.2) is 0 Å². The summed E-state index contributed by atoms with van der Waals surface area (Å²) in [5.74, 6) is 2.53. The van der Waals surface area contributed by atoms with Crippen LogP contribution in [-0.2, 0) is 0 Å². The molecule has 0 unspecified atom stereocenters. The van der Waals surface area contributed by atoms with Crippen LogP contribution in [-0.4, -0.2) is 7.05 Å². The molecule has 0 saturated carbocycles. The zero-order chi connectivity index (χ0) is 5.54. The first kappa shape index (κ1) is 6.52. The SMILES string of the molecule is C#CCC[CH]NC. The summed E-state index contributed by atoms with van der Waals surface area (Å²) in [5.41, 5.74) is 0. The predicted molar refractivity (Wildman–Crippen MR) is 31.4 cm³/mol. The standard InChI is InChI=1S/C6H10N/c1-3-4-5-6-7-2/h1,6-7H,4-5H2,2H3. The molecule has 0 heterocycles. The first-order chi connectivity index (χ1) is 3.41. The molecular weight excluding hydrogens is 86.1 g/mol. The van der Waals surface area contributed by atoms with Gasteiger partial charge in [0.1, 0.15) is 0 Å². The summed E-state index contributed by atoms with van der Waals surface area (Å²) < 4.78 is 0. The first-order valence-electron chi connectivity index (χ1n) is 2.34. The third-order valence-corrected chi connectivity index (χ3v) is 0.637. The fraction of sp³-hybridized carbons (Fsp3) is 0.500. The predicted octanol–water partition coefficient (Wildman–Crippen LogP) is 0.781. The van der Waals surface area contributed by atoms with Crippen molar-refractivity contribution in [2.75, 3.05) is 7.05 Å². The van der Waals surface area contributed by atoms with E-state index in [4.69, 9.17) is 6.42 Å². The summed E-state index contributed by atoms with van der Waals surface area (Å²) in [4.78, 5) is 0. The van der Waals surface area contributed by atoms with Crippen LogP contribution >= 0.6 is 0 Å². The van der Waals surface area contributed by atoms with Gasteiger partial charge in [-0.05, 0) is 13.5 Å². The summed E-state index contributed by atoms with van der Waals surface area (Å²) in [5, 5.41) is 2.88. The smallest absolute Gasteiger partial charge is 0.0227 e. The maximum Gasteiger partial charge on any atom is 0.0227 e. The molecule has 39 valence electrons. The van der Waals surface area contributed by atoms with E-state index in [1.165, 1.54) is 0 Å². The molecule has 1 heteroatoms. The Hall–Kier alpha value is -0.480. The van der Waals surface area contributed by atoms with Crippen molar-refractivity contribution >= 4 is 0 Å². The Morgan fingerprint density at radius 3 is 3.00 bits per heavy atom. The highest BCUT2D eigenvalue weighted by Gasteiger charge is 1.77. The van der Waals surface area contributed by atoms with Gasteiger partial charge in [0.15, 0.2) is 0 Å². The van der Waals surface area contributed by atoms with Gasteiger partial charge in [0, 0.05) is 13.0 Å². The highest BCUT2D eigenvalue weighted by atomic mass is 14.8. The molecule has 0 rings (SSSR count). The molecule has 0 aliphatic carbocycles. The van der Waals surface area contributed by atoms with Crippen molar-refractivity contribution in [2.45, 2.75) is 12.8 Å². The van der Waals surface area contributed by atoms with Gasteiger partial charge in [-0.15, -0.1) is 12.3 Å². The van der Waals surface area contributed by atoms with Gasteiger partial charge in [0.2, 0.25) is 0 Å². The third-order valence-electron chi connectivity index (χ3n) is 0.637. The summed E-state index contributed by atoms with van der Waals surface area (Å²) in [6.07, 6.45) is 6.77. The van der Waals surface area contributed by atoms with Gasteiger partial charge < -0.3 is 5.32 Å². The minimum absolute atomic E-state index is 0.834. The average Bonchev–Trinajstić information content (AvgIpc) is 1.69. The van der Waals surface area contributed by atoms with E-state index in [1.807, 2.05) is 13.6 Å². The van der Waals surface area contributed by atoms with E-state index in [0.29, 0.717) is 0 Å². The van der Waals surface area contributed by atoms with Crippen molar-refractivity contribution in [3.63, 3.8) is 0 Å². The highest BCUT2D eigenvalue weighted by Crippen LogP contribution is 1.84. The quantitative estimate of drug-likeness (QED) is 0.404. The minimum atomic E-state index is 0.834. The molecule has 0 spiro atoms. The van der Waals surface area contributed by atoms with Gasteiger partial charge in [-0.3, -0.25) is 0 Å². The van der Waals surface area contributed by atoms with Crippen molar-refractivity contribution in [3.05, 3.63) is 6.54 Å². The lowest BCUT2D eigenvalue weighted by molar-refractivity contribution is 0.854.